The number of allylic oxidation sites excluding steroid dienone is 2. The van der Waals surface area contributed by atoms with Gasteiger partial charge in [0.15, 0.2) is 5.78 Å². The summed E-state index contributed by atoms with van der Waals surface area (Å²) in [6.07, 6.45) is 4.55. The van der Waals surface area contributed by atoms with Crippen molar-refractivity contribution in [2.45, 2.75) is 53.9 Å². The number of hydrogen-bond donors (Lipinski definition) is 1. The highest BCUT2D eigenvalue weighted by molar-refractivity contribution is 5.99. The fourth-order valence-electron chi connectivity index (χ4n) is 4.15. The lowest BCUT2D eigenvalue weighted by atomic mass is 9.65. The van der Waals surface area contributed by atoms with E-state index in [9.17, 15) is 14.4 Å². The van der Waals surface area contributed by atoms with Crippen molar-refractivity contribution < 1.29 is 19.5 Å². The number of carboxylic acids is 1. The number of carbonyl (C=O) groups is 3. The molecule has 0 aromatic heterocycles. The first-order chi connectivity index (χ1) is 12.5. The Balaban J connectivity index is 2.08. The molecule has 1 aromatic carbocycles. The molecular weight excluding hydrogens is 340 g/mol. The molecule has 0 saturated heterocycles. The van der Waals surface area contributed by atoms with Crippen molar-refractivity contribution in [3.8, 4) is 0 Å². The van der Waals surface area contributed by atoms with E-state index in [1.165, 1.54) is 12.1 Å². The molecule has 1 aromatic rings. The Hall–Kier alpha value is -2.23. The molecule has 4 heteroatoms. The molecule has 146 valence electrons. The van der Waals surface area contributed by atoms with Gasteiger partial charge >= 0.3 is 5.97 Å². The maximum atomic E-state index is 13.0. The van der Waals surface area contributed by atoms with Crippen LogP contribution in [0.1, 0.15) is 74.6 Å². The van der Waals surface area contributed by atoms with Gasteiger partial charge in [-0.15, -0.1) is 0 Å². The summed E-state index contributed by atoms with van der Waals surface area (Å²) >= 11 is 0. The van der Waals surface area contributed by atoms with Gasteiger partial charge in [-0.3, -0.25) is 9.59 Å². The largest absolute Gasteiger partial charge is 0.478 e. The molecule has 3 unspecified atom stereocenters. The van der Waals surface area contributed by atoms with E-state index in [4.69, 9.17) is 5.11 Å². The lowest BCUT2D eigenvalue weighted by Gasteiger charge is -2.38. The van der Waals surface area contributed by atoms with E-state index >= 15 is 0 Å². The summed E-state index contributed by atoms with van der Waals surface area (Å²) in [6.45, 7) is 10.1. The van der Waals surface area contributed by atoms with Crippen LogP contribution in [-0.2, 0) is 4.79 Å². The number of hydrogen-bond acceptors (Lipinski definition) is 3. The highest BCUT2D eigenvalue weighted by Gasteiger charge is 2.38. The maximum absolute atomic E-state index is 13.0. The van der Waals surface area contributed by atoms with Crippen LogP contribution in [0.15, 0.2) is 35.9 Å². The highest BCUT2D eigenvalue weighted by atomic mass is 16.4. The van der Waals surface area contributed by atoms with Crippen molar-refractivity contribution in [2.24, 2.45) is 23.2 Å². The summed E-state index contributed by atoms with van der Waals surface area (Å²) in [5, 5.41) is 8.97. The average Bonchev–Trinajstić information content (AvgIpc) is 2.59. The molecule has 0 fully saturated rings. The average molecular weight is 370 g/mol. The maximum Gasteiger partial charge on any atom is 0.335 e. The summed E-state index contributed by atoms with van der Waals surface area (Å²) in [5.74, 6) is -1.31. The zero-order valence-corrected chi connectivity index (χ0v) is 16.9. The van der Waals surface area contributed by atoms with E-state index in [0.717, 1.165) is 18.4 Å². The van der Waals surface area contributed by atoms with Crippen molar-refractivity contribution in [1.82, 2.24) is 0 Å². The quantitative estimate of drug-likeness (QED) is 0.530. The van der Waals surface area contributed by atoms with E-state index in [0.29, 0.717) is 12.0 Å². The summed E-state index contributed by atoms with van der Waals surface area (Å²) in [4.78, 5) is 36.7. The normalized spacial score (nSPS) is 21.1. The molecule has 0 amide bonds. The van der Waals surface area contributed by atoms with Gasteiger partial charge in [-0.05, 0) is 43.2 Å². The van der Waals surface area contributed by atoms with Gasteiger partial charge in [-0.25, -0.2) is 4.79 Å². The lowest BCUT2D eigenvalue weighted by Crippen LogP contribution is -2.36. The number of ketones is 2. The van der Waals surface area contributed by atoms with Gasteiger partial charge in [-0.2, -0.15) is 0 Å². The van der Waals surface area contributed by atoms with Crippen molar-refractivity contribution >= 4 is 17.5 Å². The summed E-state index contributed by atoms with van der Waals surface area (Å²) in [6, 6.07) is 5.98. The number of benzene rings is 1. The van der Waals surface area contributed by atoms with Crippen molar-refractivity contribution in [3.63, 3.8) is 0 Å². The predicted molar refractivity (Wildman–Crippen MR) is 106 cm³/mol. The molecule has 0 saturated carbocycles. The molecule has 1 aliphatic rings. The predicted octanol–water partition coefficient (Wildman–Crippen LogP) is 5.18. The highest BCUT2D eigenvalue weighted by Crippen LogP contribution is 2.42. The first-order valence-corrected chi connectivity index (χ1v) is 9.61. The molecule has 0 heterocycles. The third-order valence-corrected chi connectivity index (χ3v) is 6.02. The van der Waals surface area contributed by atoms with Crippen LogP contribution < -0.4 is 0 Å². The molecular formula is C23H30O4. The Morgan fingerprint density at radius 1 is 1.11 bits per heavy atom. The van der Waals surface area contributed by atoms with E-state index in [1.807, 2.05) is 20.8 Å². The molecule has 0 aliphatic heterocycles. The number of rotatable bonds is 7. The van der Waals surface area contributed by atoms with Gasteiger partial charge in [0, 0.05) is 23.8 Å². The first kappa shape index (κ1) is 21.1. The fraction of sp³-hybridized carbons (Fsp3) is 0.522. The minimum Gasteiger partial charge on any atom is -0.478 e. The third kappa shape index (κ3) is 4.74. The zero-order chi connectivity index (χ0) is 20.4. The number of aromatic carboxylic acids is 1. The van der Waals surface area contributed by atoms with Crippen LogP contribution in [0.3, 0.4) is 0 Å². The van der Waals surface area contributed by atoms with Gasteiger partial charge < -0.3 is 5.11 Å². The molecule has 27 heavy (non-hydrogen) atoms. The molecule has 2 rings (SSSR count). The van der Waals surface area contributed by atoms with Crippen molar-refractivity contribution in [1.29, 1.82) is 0 Å². The van der Waals surface area contributed by atoms with Crippen LogP contribution in [0.25, 0.3) is 0 Å². The topological polar surface area (TPSA) is 71.4 Å². The van der Waals surface area contributed by atoms with Gasteiger partial charge in [0.25, 0.3) is 0 Å². The van der Waals surface area contributed by atoms with Crippen LogP contribution in [0.2, 0.25) is 0 Å². The second-order valence-electron chi connectivity index (χ2n) is 8.59. The Kier molecular flexibility index (Phi) is 6.40. The van der Waals surface area contributed by atoms with Crippen molar-refractivity contribution in [3.05, 3.63) is 47.0 Å². The Morgan fingerprint density at radius 2 is 1.67 bits per heavy atom. The second-order valence-corrected chi connectivity index (χ2v) is 8.59. The summed E-state index contributed by atoms with van der Waals surface area (Å²) in [5.41, 5.74) is 1.74. The summed E-state index contributed by atoms with van der Waals surface area (Å²) < 4.78 is 0. The monoisotopic (exact) mass is 370 g/mol. The standard InChI is InChI=1S/C23H30O4/c1-14-7-6-12-23(4,5)20(14)19(24)13-15(2)16(3)21(25)17-8-10-18(11-9-17)22(26)27/h7-11,15-16,20H,6,12-13H2,1-5H3,(H,26,27). The molecule has 4 nitrogen and oxygen atoms in total. The molecule has 1 aliphatic carbocycles. The Labute approximate surface area is 161 Å². The Morgan fingerprint density at radius 3 is 2.19 bits per heavy atom. The van der Waals surface area contributed by atoms with Crippen LogP contribution in [0.5, 0.6) is 0 Å². The second kappa shape index (κ2) is 8.20. The van der Waals surface area contributed by atoms with Crippen LogP contribution in [0.4, 0.5) is 0 Å². The van der Waals surface area contributed by atoms with Gasteiger partial charge in [0.1, 0.15) is 5.78 Å². The van der Waals surface area contributed by atoms with E-state index in [-0.39, 0.29) is 40.3 Å². The lowest BCUT2D eigenvalue weighted by molar-refractivity contribution is -0.126. The van der Waals surface area contributed by atoms with Crippen molar-refractivity contribution in [2.75, 3.05) is 0 Å². The molecule has 0 spiro atoms. The fourth-order valence-corrected chi connectivity index (χ4v) is 4.15. The molecule has 0 bridgehead atoms. The van der Waals surface area contributed by atoms with E-state index in [1.54, 1.807) is 12.1 Å². The third-order valence-electron chi connectivity index (χ3n) is 6.02. The molecule has 1 N–H and O–H groups in total. The zero-order valence-electron chi connectivity index (χ0n) is 16.9. The smallest absolute Gasteiger partial charge is 0.335 e. The SMILES string of the molecule is CC1=CCCC(C)(C)C1C(=O)CC(C)C(C)C(=O)c1ccc(C(=O)O)cc1. The number of carbonyl (C=O) groups excluding carboxylic acids is 2. The van der Waals surface area contributed by atoms with Crippen LogP contribution >= 0.6 is 0 Å². The first-order valence-electron chi connectivity index (χ1n) is 9.61. The van der Waals surface area contributed by atoms with Crippen LogP contribution in [-0.4, -0.2) is 22.6 Å². The number of Topliss-reactive ketones (excluding diaryl/α,β-unsaturated/α-hetero) is 2. The Bertz CT molecular complexity index is 755. The number of carboxylic acid groups (broad SMARTS) is 1. The van der Waals surface area contributed by atoms with Crippen LogP contribution in [0, 0.1) is 23.2 Å². The van der Waals surface area contributed by atoms with E-state index in [2.05, 4.69) is 19.9 Å². The van der Waals surface area contributed by atoms with E-state index < -0.39 is 5.97 Å². The van der Waals surface area contributed by atoms with Gasteiger partial charge in [0.2, 0.25) is 0 Å². The minimum absolute atomic E-state index is 0.0461. The van der Waals surface area contributed by atoms with Gasteiger partial charge in [0.05, 0.1) is 5.56 Å². The molecule has 0 radical (unpaired) electrons. The minimum atomic E-state index is -1.01. The summed E-state index contributed by atoms with van der Waals surface area (Å²) in [7, 11) is 0. The molecule has 3 atom stereocenters. The van der Waals surface area contributed by atoms with Gasteiger partial charge in [-0.1, -0.05) is 51.5 Å².